The molecule has 11 aromatic rings. The Labute approximate surface area is 294 Å². The lowest BCUT2D eigenvalue weighted by atomic mass is 9.85. The lowest BCUT2D eigenvalue weighted by Crippen LogP contribution is -1.91. The zero-order chi connectivity index (χ0) is 33.5. The molecule has 51 heavy (non-hydrogen) atoms. The van der Waals surface area contributed by atoms with Gasteiger partial charge in [-0.1, -0.05) is 158 Å². The van der Waals surface area contributed by atoms with Crippen molar-refractivity contribution in [3.8, 4) is 33.4 Å². The van der Waals surface area contributed by atoms with Gasteiger partial charge in [0, 0.05) is 16.2 Å². The number of fused-ring (bicyclic) bond motifs is 11. The smallest absolute Gasteiger partial charge is 0.143 e. The van der Waals surface area contributed by atoms with Gasteiger partial charge in [-0.25, -0.2) is 0 Å². The van der Waals surface area contributed by atoms with Crippen LogP contribution in [0, 0.1) is 0 Å². The molecular weight excluding hydrogens is 617 g/mol. The van der Waals surface area contributed by atoms with Crippen molar-refractivity contribution < 1.29 is 4.42 Å². The fraction of sp³-hybridized carbons (Fsp3) is 0. The predicted molar refractivity (Wildman–Crippen MR) is 218 cm³/mol. The van der Waals surface area contributed by atoms with Crippen LogP contribution in [0.4, 0.5) is 0 Å². The van der Waals surface area contributed by atoms with Crippen molar-refractivity contribution in [2.24, 2.45) is 0 Å². The molecule has 0 amide bonds. The summed E-state index contributed by atoms with van der Waals surface area (Å²) in [5, 5.41) is 14.6. The molecule has 1 heterocycles. The molecule has 0 aliphatic heterocycles. The minimum atomic E-state index is 0.908. The van der Waals surface area contributed by atoms with Crippen LogP contribution in [-0.4, -0.2) is 0 Å². The molecule has 10 aromatic carbocycles. The molecule has 0 saturated carbocycles. The van der Waals surface area contributed by atoms with Crippen LogP contribution in [0.2, 0.25) is 0 Å². The van der Waals surface area contributed by atoms with Gasteiger partial charge in [-0.2, -0.15) is 0 Å². The van der Waals surface area contributed by atoms with Crippen LogP contribution in [0.15, 0.2) is 186 Å². The first-order valence-electron chi connectivity index (χ1n) is 17.6. The average Bonchev–Trinajstić information content (AvgIpc) is 3.59. The van der Waals surface area contributed by atoms with Crippen molar-refractivity contribution in [2.75, 3.05) is 0 Å². The average molecular weight is 647 g/mol. The van der Waals surface area contributed by atoms with E-state index in [0.29, 0.717) is 0 Å². The molecule has 11 rings (SSSR count). The second kappa shape index (κ2) is 10.9. The highest BCUT2D eigenvalue weighted by Gasteiger charge is 2.20. The standard InChI is InChI=1S/C50H30O/c1-2-13-32-28-34(25-24-31(32)12-1)33-14-11-15-35(29-33)47-40-19-6-8-21-42(40)48(43-22-9-7-20-41(43)47)36-26-27-46-45(30-36)49-39-18-5-3-16-37(39)38-17-4-10-23-44(38)50(49)51-46/h1-30H. The molecule has 0 spiro atoms. The van der Waals surface area contributed by atoms with Crippen LogP contribution < -0.4 is 0 Å². The van der Waals surface area contributed by atoms with Crippen LogP contribution in [0.1, 0.15) is 0 Å². The van der Waals surface area contributed by atoms with Gasteiger partial charge in [-0.15, -0.1) is 0 Å². The van der Waals surface area contributed by atoms with Crippen LogP contribution >= 0.6 is 0 Å². The van der Waals surface area contributed by atoms with Gasteiger partial charge in [-0.3, -0.25) is 0 Å². The highest BCUT2D eigenvalue weighted by atomic mass is 16.3. The molecule has 0 saturated heterocycles. The molecule has 0 bridgehead atoms. The monoisotopic (exact) mass is 646 g/mol. The van der Waals surface area contributed by atoms with Crippen molar-refractivity contribution in [2.45, 2.75) is 0 Å². The Morgan fingerprint density at radius 3 is 1.45 bits per heavy atom. The largest absolute Gasteiger partial charge is 0.455 e. The van der Waals surface area contributed by atoms with Gasteiger partial charge in [0.15, 0.2) is 0 Å². The Hall–Kier alpha value is -6.70. The molecular formula is C50H30O. The second-order valence-electron chi connectivity index (χ2n) is 13.6. The third-order valence-electron chi connectivity index (χ3n) is 10.8. The SMILES string of the molecule is c1cc(-c2ccc3ccccc3c2)cc(-c2c3ccccc3c(-c3ccc4oc5c6ccccc6c6ccccc6c5c4c3)c3ccccc23)c1. The summed E-state index contributed by atoms with van der Waals surface area (Å²) in [6.45, 7) is 0. The molecule has 0 radical (unpaired) electrons. The predicted octanol–water partition coefficient (Wildman–Crippen LogP) is 14.4. The van der Waals surface area contributed by atoms with E-state index in [1.54, 1.807) is 0 Å². The summed E-state index contributed by atoms with van der Waals surface area (Å²) in [5.41, 5.74) is 9.21. The lowest BCUT2D eigenvalue weighted by Gasteiger charge is -2.18. The normalized spacial score (nSPS) is 11.9. The van der Waals surface area contributed by atoms with Gasteiger partial charge in [0.25, 0.3) is 0 Å². The van der Waals surface area contributed by atoms with Crippen molar-refractivity contribution in [1.29, 1.82) is 0 Å². The van der Waals surface area contributed by atoms with Crippen LogP contribution in [0.5, 0.6) is 0 Å². The Morgan fingerprint density at radius 1 is 0.275 bits per heavy atom. The number of hydrogen-bond acceptors (Lipinski definition) is 1. The highest BCUT2D eigenvalue weighted by molar-refractivity contribution is 6.31. The summed E-state index contributed by atoms with van der Waals surface area (Å²) < 4.78 is 6.69. The van der Waals surface area contributed by atoms with Crippen molar-refractivity contribution >= 4 is 75.8 Å². The Bertz CT molecular complexity index is 3140. The Balaban J connectivity index is 1.17. The van der Waals surface area contributed by atoms with Crippen molar-refractivity contribution in [3.63, 3.8) is 0 Å². The van der Waals surface area contributed by atoms with E-state index in [2.05, 4.69) is 182 Å². The summed E-state index contributed by atoms with van der Waals surface area (Å²) in [6, 6.07) is 66.3. The summed E-state index contributed by atoms with van der Waals surface area (Å²) in [4.78, 5) is 0. The first-order chi connectivity index (χ1) is 25.3. The highest BCUT2D eigenvalue weighted by Crippen LogP contribution is 2.47. The summed E-state index contributed by atoms with van der Waals surface area (Å²) >= 11 is 0. The quantitative estimate of drug-likeness (QED) is 0.138. The third-order valence-corrected chi connectivity index (χ3v) is 10.8. The van der Waals surface area contributed by atoms with Gasteiger partial charge >= 0.3 is 0 Å². The molecule has 0 N–H and O–H groups in total. The van der Waals surface area contributed by atoms with E-state index in [1.165, 1.54) is 87.2 Å². The minimum absolute atomic E-state index is 0.908. The van der Waals surface area contributed by atoms with E-state index in [4.69, 9.17) is 4.42 Å². The van der Waals surface area contributed by atoms with Crippen LogP contribution in [-0.2, 0) is 0 Å². The van der Waals surface area contributed by atoms with E-state index in [9.17, 15) is 0 Å². The molecule has 236 valence electrons. The second-order valence-corrected chi connectivity index (χ2v) is 13.6. The van der Waals surface area contributed by atoms with Gasteiger partial charge < -0.3 is 4.42 Å². The first-order valence-corrected chi connectivity index (χ1v) is 17.6. The molecule has 0 unspecified atom stereocenters. The first kappa shape index (κ1) is 28.2. The van der Waals surface area contributed by atoms with E-state index < -0.39 is 0 Å². The number of rotatable bonds is 3. The topological polar surface area (TPSA) is 13.1 Å². The molecule has 0 atom stereocenters. The Kier molecular flexibility index (Phi) is 6.02. The van der Waals surface area contributed by atoms with Gasteiger partial charge in [0.1, 0.15) is 11.2 Å². The van der Waals surface area contributed by atoms with E-state index in [0.717, 1.165) is 21.9 Å². The lowest BCUT2D eigenvalue weighted by molar-refractivity contribution is 0.673. The summed E-state index contributed by atoms with van der Waals surface area (Å²) in [5.74, 6) is 0. The van der Waals surface area contributed by atoms with Crippen LogP contribution in [0.25, 0.3) is 109 Å². The van der Waals surface area contributed by atoms with Gasteiger partial charge in [0.05, 0.1) is 0 Å². The summed E-state index contributed by atoms with van der Waals surface area (Å²) in [7, 11) is 0. The maximum Gasteiger partial charge on any atom is 0.143 e. The maximum atomic E-state index is 6.69. The Morgan fingerprint density at radius 2 is 0.765 bits per heavy atom. The molecule has 0 aliphatic rings. The van der Waals surface area contributed by atoms with Gasteiger partial charge in [-0.05, 0) is 106 Å². The zero-order valence-electron chi connectivity index (χ0n) is 27.7. The fourth-order valence-electron chi connectivity index (χ4n) is 8.54. The van der Waals surface area contributed by atoms with Crippen molar-refractivity contribution in [1.82, 2.24) is 0 Å². The molecule has 1 aromatic heterocycles. The van der Waals surface area contributed by atoms with Crippen molar-refractivity contribution in [3.05, 3.63) is 182 Å². The van der Waals surface area contributed by atoms with Crippen LogP contribution in [0.3, 0.4) is 0 Å². The molecule has 1 nitrogen and oxygen atoms in total. The summed E-state index contributed by atoms with van der Waals surface area (Å²) in [6.07, 6.45) is 0. The maximum absolute atomic E-state index is 6.69. The van der Waals surface area contributed by atoms with Gasteiger partial charge in [0.2, 0.25) is 0 Å². The number of benzene rings is 10. The van der Waals surface area contributed by atoms with E-state index in [-0.39, 0.29) is 0 Å². The zero-order valence-corrected chi connectivity index (χ0v) is 27.7. The number of hydrogen-bond donors (Lipinski definition) is 0. The minimum Gasteiger partial charge on any atom is -0.455 e. The fourth-order valence-corrected chi connectivity index (χ4v) is 8.54. The molecule has 1 heteroatoms. The molecule has 0 fully saturated rings. The molecule has 0 aliphatic carbocycles. The third kappa shape index (κ3) is 4.22. The van der Waals surface area contributed by atoms with E-state index >= 15 is 0 Å². The number of furan rings is 1. The van der Waals surface area contributed by atoms with E-state index in [1.807, 2.05) is 0 Å².